The van der Waals surface area contributed by atoms with Crippen LogP contribution in [-0.4, -0.2) is 69.9 Å². The lowest BCUT2D eigenvalue weighted by atomic mass is 10.1. The fourth-order valence-electron chi connectivity index (χ4n) is 3.64. The number of aliphatic hydroxyl groups is 1. The van der Waals surface area contributed by atoms with E-state index in [0.29, 0.717) is 17.4 Å². The van der Waals surface area contributed by atoms with Gasteiger partial charge in [-0.1, -0.05) is 32.0 Å². The molecule has 2 aromatic heterocycles. The lowest BCUT2D eigenvalue weighted by molar-refractivity contribution is 0.204. The first-order valence-corrected chi connectivity index (χ1v) is 11.2. The van der Waals surface area contributed by atoms with Gasteiger partial charge in [-0.3, -0.25) is 5.32 Å². The molecule has 0 aliphatic carbocycles. The molecule has 1 atom stereocenters. The van der Waals surface area contributed by atoms with Crippen molar-refractivity contribution < 1.29 is 9.90 Å². The first kappa shape index (κ1) is 22.8. The zero-order valence-electron chi connectivity index (χ0n) is 18.9. The number of nitrogens with one attached hydrogen (secondary N) is 3. The molecule has 1 aromatic carbocycles. The van der Waals surface area contributed by atoms with E-state index in [9.17, 15) is 9.90 Å². The second-order valence-corrected chi connectivity index (χ2v) is 8.26. The van der Waals surface area contributed by atoms with Crippen LogP contribution in [0, 0.1) is 5.92 Å². The summed E-state index contributed by atoms with van der Waals surface area (Å²) in [4.78, 5) is 26.2. The largest absolute Gasteiger partial charge is 0.394 e. The average Bonchev–Trinajstić information content (AvgIpc) is 2.83. The van der Waals surface area contributed by atoms with Gasteiger partial charge in [-0.25, -0.2) is 24.8 Å². The van der Waals surface area contributed by atoms with Crippen LogP contribution >= 0.6 is 0 Å². The molecule has 0 spiro atoms. The summed E-state index contributed by atoms with van der Waals surface area (Å²) in [5, 5.41) is 23.3. The third-order valence-electron chi connectivity index (χ3n) is 5.56. The van der Waals surface area contributed by atoms with E-state index < -0.39 is 6.03 Å². The topological polar surface area (TPSA) is 119 Å². The fraction of sp³-hybridized carbons (Fsp3) is 0.391. The van der Waals surface area contributed by atoms with Crippen LogP contribution in [0.25, 0.3) is 11.0 Å². The van der Waals surface area contributed by atoms with E-state index in [1.165, 1.54) is 0 Å². The van der Waals surface area contributed by atoms with E-state index in [4.69, 9.17) is 4.98 Å². The smallest absolute Gasteiger partial charge is 0.320 e. The highest BCUT2D eigenvalue weighted by atomic mass is 16.3. The van der Waals surface area contributed by atoms with Gasteiger partial charge in [0.05, 0.1) is 18.3 Å². The van der Waals surface area contributed by atoms with E-state index in [1.807, 2.05) is 55.3 Å². The molecule has 0 unspecified atom stereocenters. The molecule has 174 valence electrons. The Kier molecular flexibility index (Phi) is 7.28. The van der Waals surface area contributed by atoms with E-state index in [1.54, 1.807) is 12.3 Å². The first-order chi connectivity index (χ1) is 16.0. The van der Waals surface area contributed by atoms with Gasteiger partial charge in [0, 0.05) is 37.8 Å². The van der Waals surface area contributed by atoms with Crippen LogP contribution in [0.5, 0.6) is 0 Å². The zero-order valence-corrected chi connectivity index (χ0v) is 18.9. The molecule has 2 amide bonds. The number of para-hydroxylation sites is 1. The van der Waals surface area contributed by atoms with E-state index >= 15 is 0 Å². The van der Waals surface area contributed by atoms with Crippen molar-refractivity contribution in [2.24, 2.45) is 5.92 Å². The second kappa shape index (κ2) is 10.5. The van der Waals surface area contributed by atoms with Crippen molar-refractivity contribution in [3.63, 3.8) is 0 Å². The number of rotatable bonds is 7. The zero-order chi connectivity index (χ0) is 23.2. The third-order valence-corrected chi connectivity index (χ3v) is 5.56. The number of urea groups is 1. The monoisotopic (exact) mass is 450 g/mol. The van der Waals surface area contributed by atoms with E-state index in [2.05, 4.69) is 30.9 Å². The van der Waals surface area contributed by atoms with Crippen LogP contribution in [0.3, 0.4) is 0 Å². The highest BCUT2D eigenvalue weighted by molar-refractivity contribution is 5.90. The van der Waals surface area contributed by atoms with Crippen molar-refractivity contribution in [1.29, 1.82) is 0 Å². The van der Waals surface area contributed by atoms with Crippen LogP contribution in [-0.2, 0) is 0 Å². The fourth-order valence-corrected chi connectivity index (χ4v) is 3.64. The van der Waals surface area contributed by atoms with Crippen LogP contribution in [0.15, 0.2) is 48.7 Å². The lowest BCUT2D eigenvalue weighted by Crippen LogP contribution is -2.51. The van der Waals surface area contributed by atoms with Crippen molar-refractivity contribution in [3.8, 4) is 0 Å². The van der Waals surface area contributed by atoms with Crippen molar-refractivity contribution in [3.05, 3.63) is 48.7 Å². The molecule has 3 heterocycles. The number of fused-ring (bicyclic) bond motifs is 1. The number of hydrogen-bond donors (Lipinski definition) is 4. The summed E-state index contributed by atoms with van der Waals surface area (Å²) in [7, 11) is 0. The van der Waals surface area contributed by atoms with E-state index in [-0.39, 0.29) is 18.6 Å². The SMILES string of the molecule is CC(C)[C@H](CO)NC(=O)Nc1ccc2cnc(N(c3ccccc3)N3CCNCC3)nc2n1. The van der Waals surface area contributed by atoms with Crippen LogP contribution in [0.4, 0.5) is 22.2 Å². The molecule has 1 aliphatic heterocycles. The van der Waals surface area contributed by atoms with Gasteiger partial charge in [0.15, 0.2) is 5.65 Å². The molecule has 0 bridgehead atoms. The maximum atomic E-state index is 12.4. The Balaban J connectivity index is 1.61. The molecule has 10 nitrogen and oxygen atoms in total. The van der Waals surface area contributed by atoms with Gasteiger partial charge < -0.3 is 15.7 Å². The predicted molar refractivity (Wildman–Crippen MR) is 128 cm³/mol. The Morgan fingerprint density at radius 3 is 2.61 bits per heavy atom. The number of benzene rings is 1. The second-order valence-electron chi connectivity index (χ2n) is 8.26. The minimum absolute atomic E-state index is 0.106. The van der Waals surface area contributed by atoms with Crippen LogP contribution < -0.4 is 21.0 Å². The molecule has 1 fully saturated rings. The summed E-state index contributed by atoms with van der Waals surface area (Å²) in [6.07, 6.45) is 1.74. The molecule has 1 saturated heterocycles. The molecule has 3 aromatic rings. The Bertz CT molecular complexity index is 1070. The molecular weight excluding hydrogens is 420 g/mol. The number of aliphatic hydroxyl groups excluding tert-OH is 1. The lowest BCUT2D eigenvalue weighted by Gasteiger charge is -2.37. The van der Waals surface area contributed by atoms with Crippen molar-refractivity contribution >= 4 is 34.5 Å². The summed E-state index contributed by atoms with van der Waals surface area (Å²) in [6, 6.07) is 12.8. The summed E-state index contributed by atoms with van der Waals surface area (Å²) >= 11 is 0. The average molecular weight is 451 g/mol. The predicted octanol–water partition coefficient (Wildman–Crippen LogP) is 2.12. The van der Waals surface area contributed by atoms with Crippen LogP contribution in [0.2, 0.25) is 0 Å². The molecule has 4 N–H and O–H groups in total. The minimum atomic E-state index is -0.421. The van der Waals surface area contributed by atoms with Crippen molar-refractivity contribution in [2.45, 2.75) is 19.9 Å². The molecule has 1 aliphatic rings. The number of piperazine rings is 1. The number of hydrazine groups is 1. The number of hydrogen-bond acceptors (Lipinski definition) is 8. The van der Waals surface area contributed by atoms with Gasteiger partial charge in [0.2, 0.25) is 5.95 Å². The first-order valence-electron chi connectivity index (χ1n) is 11.2. The molecule has 33 heavy (non-hydrogen) atoms. The van der Waals surface area contributed by atoms with E-state index in [0.717, 1.165) is 37.3 Å². The Labute approximate surface area is 193 Å². The minimum Gasteiger partial charge on any atom is -0.394 e. The van der Waals surface area contributed by atoms with Gasteiger partial charge in [-0.15, -0.1) is 0 Å². The number of nitrogens with zero attached hydrogens (tertiary/aromatic N) is 5. The number of aromatic nitrogens is 3. The number of carbonyl (C=O) groups excluding carboxylic acids is 1. The van der Waals surface area contributed by atoms with Gasteiger partial charge in [-0.2, -0.15) is 4.98 Å². The maximum absolute atomic E-state index is 12.4. The number of pyridine rings is 1. The standard InChI is InChI=1S/C23H30N8O2/c1-16(2)19(15-32)26-23(33)28-20-9-8-17-14-25-22(29-21(17)27-20)31(18-6-4-3-5-7-18)30-12-10-24-11-13-30/h3-9,14,16,19,24,32H,10-13,15H2,1-2H3,(H2,25,26,27,28,29,33)/t19-/m0/s1. The van der Waals surface area contributed by atoms with Crippen molar-refractivity contribution in [1.82, 2.24) is 30.6 Å². The van der Waals surface area contributed by atoms with Gasteiger partial charge >= 0.3 is 6.03 Å². The van der Waals surface area contributed by atoms with Gasteiger partial charge in [0.25, 0.3) is 0 Å². The molecule has 0 saturated carbocycles. The molecule has 0 radical (unpaired) electrons. The number of amides is 2. The highest BCUT2D eigenvalue weighted by Crippen LogP contribution is 2.26. The van der Waals surface area contributed by atoms with Crippen molar-refractivity contribution in [2.75, 3.05) is 43.1 Å². The van der Waals surface area contributed by atoms with Crippen LogP contribution in [0.1, 0.15) is 13.8 Å². The Hall–Kier alpha value is -3.34. The maximum Gasteiger partial charge on any atom is 0.320 e. The van der Waals surface area contributed by atoms with Gasteiger partial charge in [0.1, 0.15) is 5.82 Å². The Morgan fingerprint density at radius 2 is 1.91 bits per heavy atom. The highest BCUT2D eigenvalue weighted by Gasteiger charge is 2.23. The summed E-state index contributed by atoms with van der Waals surface area (Å²) in [5.41, 5.74) is 1.45. The summed E-state index contributed by atoms with van der Waals surface area (Å²) in [6.45, 7) is 7.15. The molecule has 10 heteroatoms. The molecular formula is C23H30N8O2. The normalized spacial score (nSPS) is 15.4. The number of carbonyl (C=O) groups is 1. The summed E-state index contributed by atoms with van der Waals surface area (Å²) in [5.74, 6) is 0.998. The summed E-state index contributed by atoms with van der Waals surface area (Å²) < 4.78 is 0. The number of anilines is 3. The third kappa shape index (κ3) is 5.54. The Morgan fingerprint density at radius 1 is 1.15 bits per heavy atom. The quantitative estimate of drug-likeness (QED) is 0.432. The van der Waals surface area contributed by atoms with Gasteiger partial charge in [-0.05, 0) is 30.2 Å². The molecule has 4 rings (SSSR count).